The van der Waals surface area contributed by atoms with Crippen LogP contribution < -0.4 is 0 Å². The molecule has 0 spiro atoms. The van der Waals surface area contributed by atoms with E-state index in [4.69, 9.17) is 11.6 Å². The lowest BCUT2D eigenvalue weighted by Gasteiger charge is -2.09. The fourth-order valence-corrected chi connectivity index (χ4v) is 3.45. The average Bonchev–Trinajstić information content (AvgIpc) is 3.14. The summed E-state index contributed by atoms with van der Waals surface area (Å²) in [6.07, 6.45) is 1.79. The number of hydrogen-bond donors (Lipinski definition) is 0. The lowest BCUT2D eigenvalue weighted by molar-refractivity contribution is 1.11. The molecule has 0 bridgehead atoms. The molecule has 0 aliphatic heterocycles. The molecule has 0 radical (unpaired) electrons. The Bertz CT molecular complexity index is 1270. The third-order valence-corrected chi connectivity index (χ3v) is 4.95. The fraction of sp³-hybridized carbons (Fsp3) is 0.0455. The highest BCUT2D eigenvalue weighted by atomic mass is 35.5. The molecule has 0 fully saturated rings. The molecule has 2 aromatic carbocycles. The molecule has 0 unspecified atom stereocenters. The first-order chi connectivity index (χ1) is 13.2. The molecule has 3 heterocycles. The van der Waals surface area contributed by atoms with E-state index in [2.05, 4.69) is 58.5 Å². The van der Waals surface area contributed by atoms with Crippen LogP contribution in [0, 0.1) is 6.92 Å². The van der Waals surface area contributed by atoms with E-state index in [1.54, 1.807) is 6.20 Å². The number of rotatable bonds is 2. The zero-order valence-electron chi connectivity index (χ0n) is 14.6. The van der Waals surface area contributed by atoms with Gasteiger partial charge in [-0.1, -0.05) is 53.6 Å². The molecule has 4 nitrogen and oxygen atoms in total. The lowest BCUT2D eigenvalue weighted by atomic mass is 10.1. The van der Waals surface area contributed by atoms with Crippen LogP contribution in [0.2, 0.25) is 5.02 Å². The van der Waals surface area contributed by atoms with Gasteiger partial charge in [0.2, 0.25) is 0 Å². The third-order valence-electron chi connectivity index (χ3n) is 4.70. The molecule has 0 aliphatic carbocycles. The zero-order chi connectivity index (χ0) is 18.4. The number of pyridine rings is 2. The molecule has 3 aromatic heterocycles. The maximum atomic E-state index is 6.07. The normalized spacial score (nSPS) is 11.3. The fourth-order valence-electron chi connectivity index (χ4n) is 3.32. The second-order valence-electron chi connectivity index (χ2n) is 6.53. The summed E-state index contributed by atoms with van der Waals surface area (Å²) in [5.74, 6) is 0.782. The second kappa shape index (κ2) is 6.18. The van der Waals surface area contributed by atoms with Crippen molar-refractivity contribution in [3.05, 3.63) is 83.5 Å². The Hall–Kier alpha value is -3.24. The molecule has 0 atom stereocenters. The minimum absolute atomic E-state index is 0.707. The quantitative estimate of drug-likeness (QED) is 0.407. The molecule has 27 heavy (non-hydrogen) atoms. The Morgan fingerprint density at radius 3 is 2.33 bits per heavy atom. The van der Waals surface area contributed by atoms with Crippen LogP contribution in [0.15, 0.2) is 72.9 Å². The number of fused-ring (bicyclic) bond motifs is 3. The van der Waals surface area contributed by atoms with Crippen molar-refractivity contribution in [3.8, 4) is 22.5 Å². The molecular formula is C22H15ClN4. The van der Waals surface area contributed by atoms with Gasteiger partial charge in [0.1, 0.15) is 5.65 Å². The summed E-state index contributed by atoms with van der Waals surface area (Å²) in [6, 6.07) is 22.2. The van der Waals surface area contributed by atoms with Crippen molar-refractivity contribution in [1.82, 2.24) is 19.6 Å². The van der Waals surface area contributed by atoms with Gasteiger partial charge in [0.25, 0.3) is 0 Å². The Balaban J connectivity index is 1.87. The van der Waals surface area contributed by atoms with Gasteiger partial charge < -0.3 is 0 Å². The van der Waals surface area contributed by atoms with E-state index in [1.165, 1.54) is 5.56 Å². The number of benzene rings is 2. The summed E-state index contributed by atoms with van der Waals surface area (Å²) in [7, 11) is 0. The zero-order valence-corrected chi connectivity index (χ0v) is 15.4. The first kappa shape index (κ1) is 16.0. The molecule has 130 valence electrons. The predicted octanol–water partition coefficient (Wildman–Crippen LogP) is 5.57. The van der Waals surface area contributed by atoms with Gasteiger partial charge in [-0.15, -0.1) is 10.2 Å². The Labute approximate surface area is 161 Å². The van der Waals surface area contributed by atoms with E-state index in [0.717, 1.165) is 39.2 Å². The molecular weight excluding hydrogens is 356 g/mol. The van der Waals surface area contributed by atoms with Crippen LogP contribution in [0.3, 0.4) is 0 Å². The highest BCUT2D eigenvalue weighted by Crippen LogP contribution is 2.31. The Morgan fingerprint density at radius 1 is 0.815 bits per heavy atom. The van der Waals surface area contributed by atoms with Crippen LogP contribution in [0.5, 0.6) is 0 Å². The highest BCUT2D eigenvalue weighted by Gasteiger charge is 2.16. The van der Waals surface area contributed by atoms with Crippen LogP contribution in [-0.2, 0) is 0 Å². The van der Waals surface area contributed by atoms with Crippen LogP contribution in [0.4, 0.5) is 0 Å². The largest absolute Gasteiger partial charge is 0.258 e. The van der Waals surface area contributed by atoms with Crippen molar-refractivity contribution < 1.29 is 0 Å². The van der Waals surface area contributed by atoms with Crippen LogP contribution in [-0.4, -0.2) is 19.6 Å². The van der Waals surface area contributed by atoms with Gasteiger partial charge in [-0.3, -0.25) is 4.40 Å². The van der Waals surface area contributed by atoms with Gasteiger partial charge >= 0.3 is 0 Å². The molecule has 0 saturated carbocycles. The first-order valence-corrected chi connectivity index (χ1v) is 9.04. The molecule has 0 amide bonds. The van der Waals surface area contributed by atoms with E-state index in [9.17, 15) is 0 Å². The van der Waals surface area contributed by atoms with E-state index in [0.29, 0.717) is 5.02 Å². The SMILES string of the molecule is Cc1ccc(-c2nnc3c(-c4ccc(Cl)cc4)cc4cccnc4n23)cc1. The van der Waals surface area contributed by atoms with Crippen LogP contribution in [0.1, 0.15) is 5.56 Å². The number of nitrogens with zero attached hydrogens (tertiary/aromatic N) is 4. The summed E-state index contributed by atoms with van der Waals surface area (Å²) >= 11 is 6.07. The smallest absolute Gasteiger partial charge is 0.170 e. The van der Waals surface area contributed by atoms with Crippen molar-refractivity contribution in [1.29, 1.82) is 0 Å². The van der Waals surface area contributed by atoms with Crippen molar-refractivity contribution in [3.63, 3.8) is 0 Å². The van der Waals surface area contributed by atoms with Crippen molar-refractivity contribution in [2.75, 3.05) is 0 Å². The standard InChI is InChI=1S/C22H15ClN4/c1-14-4-6-16(7-5-14)21-25-26-22-19(15-8-10-18(23)11-9-15)13-17-3-2-12-24-20(17)27(21)22/h2-13H,1H3. The summed E-state index contributed by atoms with van der Waals surface area (Å²) < 4.78 is 2.03. The van der Waals surface area contributed by atoms with Gasteiger partial charge in [-0.2, -0.15) is 0 Å². The topological polar surface area (TPSA) is 43.1 Å². The van der Waals surface area contributed by atoms with Gasteiger partial charge in [0, 0.05) is 27.7 Å². The van der Waals surface area contributed by atoms with Gasteiger partial charge in [0.15, 0.2) is 11.5 Å². The number of aromatic nitrogens is 4. The maximum absolute atomic E-state index is 6.07. The Kier molecular flexibility index (Phi) is 3.66. The second-order valence-corrected chi connectivity index (χ2v) is 6.97. The summed E-state index contributed by atoms with van der Waals surface area (Å²) in [6.45, 7) is 2.07. The maximum Gasteiger partial charge on any atom is 0.170 e. The van der Waals surface area contributed by atoms with E-state index < -0.39 is 0 Å². The predicted molar refractivity (Wildman–Crippen MR) is 109 cm³/mol. The third kappa shape index (κ3) is 2.66. The summed E-state index contributed by atoms with van der Waals surface area (Å²) in [5.41, 5.74) is 5.87. The van der Waals surface area contributed by atoms with E-state index in [-0.39, 0.29) is 0 Å². The molecule has 0 N–H and O–H groups in total. The lowest BCUT2D eigenvalue weighted by Crippen LogP contribution is -1.96. The number of aryl methyl sites for hydroxylation is 1. The highest BCUT2D eigenvalue weighted by molar-refractivity contribution is 6.30. The van der Waals surface area contributed by atoms with Crippen molar-refractivity contribution >= 4 is 28.3 Å². The Morgan fingerprint density at radius 2 is 1.56 bits per heavy atom. The van der Waals surface area contributed by atoms with Gasteiger partial charge in [-0.25, -0.2) is 4.98 Å². The van der Waals surface area contributed by atoms with Crippen LogP contribution >= 0.6 is 11.6 Å². The minimum atomic E-state index is 0.707. The number of halogens is 1. The molecule has 0 saturated heterocycles. The first-order valence-electron chi connectivity index (χ1n) is 8.66. The summed E-state index contributed by atoms with van der Waals surface area (Å²) in [4.78, 5) is 4.60. The monoisotopic (exact) mass is 370 g/mol. The molecule has 5 aromatic rings. The number of hydrogen-bond acceptors (Lipinski definition) is 3. The van der Waals surface area contributed by atoms with Gasteiger partial charge in [0.05, 0.1) is 0 Å². The van der Waals surface area contributed by atoms with E-state index in [1.807, 2.05) is 34.7 Å². The van der Waals surface area contributed by atoms with Crippen molar-refractivity contribution in [2.45, 2.75) is 6.92 Å². The van der Waals surface area contributed by atoms with Gasteiger partial charge in [-0.05, 0) is 42.8 Å². The average molecular weight is 371 g/mol. The molecule has 5 rings (SSSR count). The summed E-state index contributed by atoms with van der Waals surface area (Å²) in [5, 5.41) is 10.7. The van der Waals surface area contributed by atoms with Crippen molar-refractivity contribution in [2.24, 2.45) is 0 Å². The molecule has 5 heteroatoms. The van der Waals surface area contributed by atoms with E-state index >= 15 is 0 Å². The minimum Gasteiger partial charge on any atom is -0.258 e. The molecule has 0 aliphatic rings. The van der Waals surface area contributed by atoms with Crippen LogP contribution in [0.25, 0.3) is 39.2 Å².